The van der Waals surface area contributed by atoms with Gasteiger partial charge in [-0.1, -0.05) is 87.7 Å². The van der Waals surface area contributed by atoms with Crippen LogP contribution < -0.4 is 4.90 Å². The van der Waals surface area contributed by atoms with Crippen LogP contribution in [0, 0.1) is 0 Å². The van der Waals surface area contributed by atoms with E-state index in [4.69, 9.17) is 0 Å². The number of para-hydroxylation sites is 1. The first-order valence-electron chi connectivity index (χ1n) is 8.27. The number of hydrogen-bond acceptors (Lipinski definition) is 1. The van der Waals surface area contributed by atoms with Gasteiger partial charge >= 0.3 is 0 Å². The van der Waals surface area contributed by atoms with Crippen molar-refractivity contribution in [3.05, 3.63) is 98.1 Å². The lowest BCUT2D eigenvalue weighted by Crippen LogP contribution is -2.08. The molecule has 1 heteroatoms. The summed E-state index contributed by atoms with van der Waals surface area (Å²) in [7, 11) is 2.10. The summed E-state index contributed by atoms with van der Waals surface area (Å²) in [6, 6.07) is 25.4. The van der Waals surface area contributed by atoms with Gasteiger partial charge in [0.1, 0.15) is 0 Å². The van der Waals surface area contributed by atoms with Gasteiger partial charge in [0.25, 0.3) is 0 Å². The molecule has 0 N–H and O–H groups in total. The molecule has 0 heterocycles. The second kappa shape index (κ2) is 10.8. The van der Waals surface area contributed by atoms with Crippen LogP contribution in [0.5, 0.6) is 0 Å². The Morgan fingerprint density at radius 1 is 0.667 bits per heavy atom. The molecule has 0 aliphatic heterocycles. The highest BCUT2D eigenvalue weighted by molar-refractivity contribution is 5.86. The van der Waals surface area contributed by atoms with E-state index in [-0.39, 0.29) is 0 Å². The fourth-order valence-electron chi connectivity index (χ4n) is 2.19. The molecule has 3 rings (SSSR count). The van der Waals surface area contributed by atoms with Gasteiger partial charge in [-0.2, -0.15) is 0 Å². The van der Waals surface area contributed by atoms with Crippen LogP contribution in [0.1, 0.15) is 13.8 Å². The SMILES string of the molecule is C=CC=C.CC.CN(c1ccccc1)c1ccc2ccccc2c1. The molecule has 0 saturated carbocycles. The highest BCUT2D eigenvalue weighted by atomic mass is 15.1. The van der Waals surface area contributed by atoms with Crippen LogP contribution in [-0.2, 0) is 0 Å². The van der Waals surface area contributed by atoms with Gasteiger partial charge in [-0.25, -0.2) is 0 Å². The molecule has 0 unspecified atom stereocenters. The minimum absolute atomic E-state index is 1.20. The average Bonchev–Trinajstić information content (AvgIpc) is 2.69. The lowest BCUT2D eigenvalue weighted by Gasteiger charge is -2.19. The van der Waals surface area contributed by atoms with Crippen LogP contribution in [0.15, 0.2) is 98.1 Å². The van der Waals surface area contributed by atoms with Gasteiger partial charge in [0.15, 0.2) is 0 Å². The highest BCUT2D eigenvalue weighted by Gasteiger charge is 2.03. The second-order valence-electron chi connectivity index (χ2n) is 4.90. The van der Waals surface area contributed by atoms with Crippen LogP contribution in [0.4, 0.5) is 11.4 Å². The van der Waals surface area contributed by atoms with Crippen molar-refractivity contribution in [1.82, 2.24) is 0 Å². The quantitative estimate of drug-likeness (QED) is 0.470. The van der Waals surface area contributed by atoms with Gasteiger partial charge in [0, 0.05) is 18.4 Å². The lowest BCUT2D eigenvalue weighted by molar-refractivity contribution is 1.21. The highest BCUT2D eigenvalue weighted by Crippen LogP contribution is 2.26. The summed E-state index contributed by atoms with van der Waals surface area (Å²) < 4.78 is 0. The van der Waals surface area contributed by atoms with Crippen LogP contribution in [0.3, 0.4) is 0 Å². The number of nitrogens with zero attached hydrogens (tertiary/aromatic N) is 1. The summed E-state index contributed by atoms with van der Waals surface area (Å²) in [5, 5.41) is 2.56. The summed E-state index contributed by atoms with van der Waals surface area (Å²) in [6.07, 6.45) is 3.28. The Morgan fingerprint density at radius 3 is 1.79 bits per heavy atom. The smallest absolute Gasteiger partial charge is 0.0414 e. The number of benzene rings is 3. The topological polar surface area (TPSA) is 3.24 Å². The van der Waals surface area contributed by atoms with Crippen molar-refractivity contribution in [1.29, 1.82) is 0 Å². The molecule has 1 nitrogen and oxygen atoms in total. The van der Waals surface area contributed by atoms with Crippen LogP contribution >= 0.6 is 0 Å². The van der Waals surface area contributed by atoms with Crippen LogP contribution in [0.2, 0.25) is 0 Å². The third kappa shape index (κ3) is 5.44. The molecule has 0 spiro atoms. The van der Waals surface area contributed by atoms with E-state index in [1.165, 1.54) is 22.1 Å². The second-order valence-corrected chi connectivity index (χ2v) is 4.90. The summed E-state index contributed by atoms with van der Waals surface area (Å²) in [4.78, 5) is 2.20. The van der Waals surface area contributed by atoms with E-state index in [0.717, 1.165) is 0 Å². The number of fused-ring (bicyclic) bond motifs is 1. The first-order chi connectivity index (χ1) is 11.8. The Labute approximate surface area is 146 Å². The number of hydrogen-bond donors (Lipinski definition) is 0. The molecule has 0 amide bonds. The van der Waals surface area contributed by atoms with Gasteiger partial charge in [-0.15, -0.1) is 0 Å². The van der Waals surface area contributed by atoms with Crippen LogP contribution in [0.25, 0.3) is 10.8 Å². The van der Waals surface area contributed by atoms with Gasteiger partial charge in [0.05, 0.1) is 0 Å². The maximum Gasteiger partial charge on any atom is 0.0414 e. The summed E-state index contributed by atoms with van der Waals surface area (Å²) in [5.41, 5.74) is 2.41. The fraction of sp³-hybridized carbons (Fsp3) is 0.130. The zero-order chi connectivity index (χ0) is 17.8. The van der Waals surface area contributed by atoms with Crippen molar-refractivity contribution in [2.24, 2.45) is 0 Å². The molecule has 0 radical (unpaired) electrons. The minimum atomic E-state index is 1.20. The molecule has 24 heavy (non-hydrogen) atoms. The van der Waals surface area contributed by atoms with Crippen molar-refractivity contribution < 1.29 is 0 Å². The first-order valence-corrected chi connectivity index (χ1v) is 8.27. The molecule has 3 aromatic carbocycles. The number of rotatable bonds is 3. The third-order valence-corrected chi connectivity index (χ3v) is 3.43. The molecular weight excluding hydrogens is 290 g/mol. The van der Waals surface area contributed by atoms with Crippen LogP contribution in [-0.4, -0.2) is 7.05 Å². The molecule has 0 saturated heterocycles. The Hall–Kier alpha value is -2.80. The lowest BCUT2D eigenvalue weighted by atomic mass is 10.1. The van der Waals surface area contributed by atoms with Gasteiger partial charge in [-0.3, -0.25) is 0 Å². The molecule has 0 bridgehead atoms. The normalized spacial score (nSPS) is 8.96. The maximum atomic E-state index is 3.36. The monoisotopic (exact) mass is 317 g/mol. The summed E-state index contributed by atoms with van der Waals surface area (Å²) in [5.74, 6) is 0. The fourth-order valence-corrected chi connectivity index (χ4v) is 2.19. The Balaban J connectivity index is 0.000000423. The zero-order valence-corrected chi connectivity index (χ0v) is 14.9. The van der Waals surface area contributed by atoms with E-state index < -0.39 is 0 Å². The zero-order valence-electron chi connectivity index (χ0n) is 14.9. The van der Waals surface area contributed by atoms with E-state index >= 15 is 0 Å². The van der Waals surface area contributed by atoms with E-state index in [1.54, 1.807) is 12.2 Å². The Kier molecular flexibility index (Phi) is 8.70. The maximum absolute atomic E-state index is 3.36. The third-order valence-electron chi connectivity index (χ3n) is 3.43. The van der Waals surface area contributed by atoms with E-state index in [0.29, 0.717) is 0 Å². The molecule has 0 fully saturated rings. The van der Waals surface area contributed by atoms with Crippen molar-refractivity contribution in [3.8, 4) is 0 Å². The summed E-state index contributed by atoms with van der Waals surface area (Å²) in [6.45, 7) is 10.7. The number of anilines is 2. The largest absolute Gasteiger partial charge is 0.345 e. The molecule has 0 aliphatic rings. The first kappa shape index (κ1) is 19.2. The Morgan fingerprint density at radius 2 is 1.21 bits per heavy atom. The molecule has 124 valence electrons. The Bertz CT molecular complexity index is 738. The molecule has 0 aromatic heterocycles. The van der Waals surface area contributed by atoms with E-state index in [1.807, 2.05) is 19.9 Å². The van der Waals surface area contributed by atoms with Crippen molar-refractivity contribution in [2.45, 2.75) is 13.8 Å². The van der Waals surface area contributed by atoms with Gasteiger partial charge in [-0.05, 0) is 35.0 Å². The predicted molar refractivity (Wildman–Crippen MR) is 110 cm³/mol. The summed E-state index contributed by atoms with van der Waals surface area (Å²) >= 11 is 0. The minimum Gasteiger partial charge on any atom is -0.345 e. The molecule has 0 atom stereocenters. The van der Waals surface area contributed by atoms with Crippen molar-refractivity contribution in [2.75, 3.05) is 11.9 Å². The standard InChI is InChI=1S/C17H15N.C4H6.C2H6/c1-18(16-9-3-2-4-10-16)17-12-11-14-7-5-6-8-15(14)13-17;1-3-4-2;1-2/h2-13H,1H3;3-4H,1-2H2;1-2H3. The predicted octanol–water partition coefficient (Wildman–Crippen LogP) is 6.99. The van der Waals surface area contributed by atoms with Crippen molar-refractivity contribution in [3.63, 3.8) is 0 Å². The van der Waals surface area contributed by atoms with Crippen molar-refractivity contribution >= 4 is 22.1 Å². The molecule has 3 aromatic rings. The van der Waals surface area contributed by atoms with Gasteiger partial charge < -0.3 is 4.90 Å². The molecule has 0 aliphatic carbocycles. The van der Waals surface area contributed by atoms with E-state index in [2.05, 4.69) is 91.8 Å². The average molecular weight is 317 g/mol. The molecular formula is C23H27N. The number of allylic oxidation sites excluding steroid dienone is 2. The van der Waals surface area contributed by atoms with E-state index in [9.17, 15) is 0 Å². The van der Waals surface area contributed by atoms with Gasteiger partial charge in [0.2, 0.25) is 0 Å².